The van der Waals surface area contributed by atoms with Crippen LogP contribution >= 0.6 is 0 Å². The molecule has 1 rings (SSSR count). The molecule has 0 aliphatic carbocycles. The Hall–Kier alpha value is -0.960. The topological polar surface area (TPSA) is 12.0 Å². The predicted molar refractivity (Wildman–Crippen MR) is 71.7 cm³/mol. The molecule has 0 radical (unpaired) electrons. The van der Waals surface area contributed by atoms with E-state index in [-0.39, 0.29) is 5.56 Å². The summed E-state index contributed by atoms with van der Waals surface area (Å²) in [6.07, 6.45) is 1.19. The second-order valence-corrected chi connectivity index (χ2v) is 5.10. The number of rotatable bonds is 6. The van der Waals surface area contributed by atoms with Crippen LogP contribution in [-0.2, 0) is 6.42 Å². The summed E-state index contributed by atoms with van der Waals surface area (Å²) in [5.74, 6) is -0.369. The van der Waals surface area contributed by atoms with Gasteiger partial charge in [0.1, 0.15) is 11.6 Å². The van der Waals surface area contributed by atoms with Gasteiger partial charge in [-0.15, -0.1) is 0 Å². The molecule has 0 aromatic heterocycles. The van der Waals surface area contributed by atoms with Crippen molar-refractivity contribution in [3.63, 3.8) is 0 Å². The summed E-state index contributed by atoms with van der Waals surface area (Å²) in [5, 5.41) is 3.36. The van der Waals surface area contributed by atoms with Gasteiger partial charge in [0, 0.05) is 11.6 Å². The molecule has 0 saturated carbocycles. The fourth-order valence-corrected chi connectivity index (χ4v) is 2.18. The zero-order valence-corrected chi connectivity index (χ0v) is 11.7. The highest BCUT2D eigenvalue weighted by atomic mass is 19.1. The number of hydrogen-bond acceptors (Lipinski definition) is 1. The van der Waals surface area contributed by atoms with Gasteiger partial charge in [0.2, 0.25) is 0 Å². The molecule has 0 amide bonds. The lowest BCUT2D eigenvalue weighted by molar-refractivity contribution is 0.380. The Balaban J connectivity index is 2.76. The molecule has 0 fully saturated rings. The molecule has 1 atom stereocenters. The van der Waals surface area contributed by atoms with Crippen molar-refractivity contribution in [3.05, 3.63) is 34.9 Å². The highest BCUT2D eigenvalue weighted by molar-refractivity contribution is 5.26. The fourth-order valence-electron chi connectivity index (χ4n) is 2.18. The Morgan fingerprint density at radius 3 is 2.44 bits per heavy atom. The van der Waals surface area contributed by atoms with Gasteiger partial charge in [-0.2, -0.15) is 0 Å². The third-order valence-corrected chi connectivity index (χ3v) is 3.36. The van der Waals surface area contributed by atoms with Crippen molar-refractivity contribution >= 4 is 0 Å². The number of hydrogen-bond donors (Lipinski definition) is 1. The zero-order valence-electron chi connectivity index (χ0n) is 11.7. The van der Waals surface area contributed by atoms with Gasteiger partial charge >= 0.3 is 0 Å². The van der Waals surface area contributed by atoms with Crippen LogP contribution in [0.15, 0.2) is 12.1 Å². The Morgan fingerprint density at radius 1 is 1.22 bits per heavy atom. The molecule has 1 aromatic carbocycles. The molecule has 0 aliphatic rings. The van der Waals surface area contributed by atoms with Crippen LogP contribution in [-0.4, -0.2) is 12.6 Å². The lowest BCUT2D eigenvalue weighted by Gasteiger charge is -2.22. The molecule has 18 heavy (non-hydrogen) atoms. The van der Waals surface area contributed by atoms with Crippen LogP contribution in [0.5, 0.6) is 0 Å². The van der Waals surface area contributed by atoms with E-state index >= 15 is 0 Å². The van der Waals surface area contributed by atoms with E-state index < -0.39 is 11.6 Å². The smallest absolute Gasteiger partial charge is 0.132 e. The van der Waals surface area contributed by atoms with Gasteiger partial charge in [-0.3, -0.25) is 0 Å². The molecule has 1 N–H and O–H groups in total. The van der Waals surface area contributed by atoms with Crippen molar-refractivity contribution in [1.29, 1.82) is 0 Å². The van der Waals surface area contributed by atoms with E-state index in [1.807, 2.05) is 6.92 Å². The molecular formula is C15H23F2N. The second-order valence-electron chi connectivity index (χ2n) is 5.10. The molecule has 1 aromatic rings. The molecule has 1 unspecified atom stereocenters. The summed E-state index contributed by atoms with van der Waals surface area (Å²) in [7, 11) is 0. The molecule has 0 saturated heterocycles. The van der Waals surface area contributed by atoms with Crippen LogP contribution in [0.3, 0.4) is 0 Å². The van der Waals surface area contributed by atoms with Gasteiger partial charge in [0.15, 0.2) is 0 Å². The lowest BCUT2D eigenvalue weighted by Crippen LogP contribution is -2.34. The van der Waals surface area contributed by atoms with Gasteiger partial charge < -0.3 is 5.32 Å². The average molecular weight is 255 g/mol. The van der Waals surface area contributed by atoms with E-state index in [0.29, 0.717) is 23.9 Å². The number of benzene rings is 1. The summed E-state index contributed by atoms with van der Waals surface area (Å²) >= 11 is 0. The first-order chi connectivity index (χ1) is 8.47. The average Bonchev–Trinajstić information content (AvgIpc) is 2.32. The summed E-state index contributed by atoms with van der Waals surface area (Å²) < 4.78 is 27.4. The van der Waals surface area contributed by atoms with Crippen molar-refractivity contribution in [1.82, 2.24) is 5.32 Å². The Bertz CT molecular complexity index is 388. The molecule has 0 bridgehead atoms. The minimum Gasteiger partial charge on any atom is -0.314 e. The SMILES string of the molecule is CCNC(CCc1c(F)ccc(C)c1F)C(C)C. The van der Waals surface area contributed by atoms with E-state index in [9.17, 15) is 8.78 Å². The van der Waals surface area contributed by atoms with Crippen molar-refractivity contribution < 1.29 is 8.78 Å². The molecule has 1 nitrogen and oxygen atoms in total. The van der Waals surface area contributed by atoms with E-state index in [4.69, 9.17) is 0 Å². The first kappa shape index (κ1) is 15.1. The fraction of sp³-hybridized carbons (Fsp3) is 0.600. The van der Waals surface area contributed by atoms with Gasteiger partial charge in [-0.25, -0.2) is 8.78 Å². The largest absolute Gasteiger partial charge is 0.314 e. The maximum Gasteiger partial charge on any atom is 0.132 e. The summed E-state index contributed by atoms with van der Waals surface area (Å²) in [6.45, 7) is 8.83. The number of halogens is 2. The molecular weight excluding hydrogens is 232 g/mol. The van der Waals surface area contributed by atoms with Crippen LogP contribution in [0.25, 0.3) is 0 Å². The van der Waals surface area contributed by atoms with E-state index in [2.05, 4.69) is 19.2 Å². The third-order valence-electron chi connectivity index (χ3n) is 3.36. The zero-order chi connectivity index (χ0) is 13.7. The number of aryl methyl sites for hydroxylation is 1. The van der Waals surface area contributed by atoms with Crippen molar-refractivity contribution in [2.75, 3.05) is 6.54 Å². The summed E-state index contributed by atoms with van der Waals surface area (Å²) in [5.41, 5.74) is 0.731. The first-order valence-electron chi connectivity index (χ1n) is 6.64. The van der Waals surface area contributed by atoms with E-state index in [0.717, 1.165) is 13.0 Å². The van der Waals surface area contributed by atoms with E-state index in [1.54, 1.807) is 6.92 Å². The molecule has 102 valence electrons. The monoisotopic (exact) mass is 255 g/mol. The van der Waals surface area contributed by atoms with Crippen molar-refractivity contribution in [2.24, 2.45) is 5.92 Å². The standard InChI is InChI=1S/C15H23F2N/c1-5-18-14(10(2)3)9-7-12-13(16)8-6-11(4)15(12)17/h6,8,10,14,18H,5,7,9H2,1-4H3. The van der Waals surface area contributed by atoms with Crippen LogP contribution < -0.4 is 5.32 Å². The molecule has 0 heterocycles. The number of nitrogens with one attached hydrogen (secondary N) is 1. The molecule has 0 spiro atoms. The molecule has 0 aliphatic heterocycles. The highest BCUT2D eigenvalue weighted by Gasteiger charge is 2.16. The van der Waals surface area contributed by atoms with E-state index in [1.165, 1.54) is 12.1 Å². The maximum absolute atomic E-state index is 13.8. The Morgan fingerprint density at radius 2 is 1.89 bits per heavy atom. The predicted octanol–water partition coefficient (Wildman–Crippen LogP) is 3.84. The maximum atomic E-state index is 13.8. The van der Waals surface area contributed by atoms with Gasteiger partial charge in [0.05, 0.1) is 0 Å². The van der Waals surface area contributed by atoms with Crippen molar-refractivity contribution in [3.8, 4) is 0 Å². The highest BCUT2D eigenvalue weighted by Crippen LogP contribution is 2.19. The minimum atomic E-state index is -0.433. The van der Waals surface area contributed by atoms with Crippen LogP contribution in [0.4, 0.5) is 8.78 Å². The quantitative estimate of drug-likeness (QED) is 0.814. The normalized spacial score (nSPS) is 13.1. The Kier molecular flexibility index (Phi) is 5.73. The van der Waals surface area contributed by atoms with Crippen LogP contribution in [0.1, 0.15) is 38.3 Å². The minimum absolute atomic E-state index is 0.221. The molecule has 3 heteroatoms. The van der Waals surface area contributed by atoms with Crippen LogP contribution in [0.2, 0.25) is 0 Å². The van der Waals surface area contributed by atoms with Gasteiger partial charge in [-0.05, 0) is 43.9 Å². The first-order valence-corrected chi connectivity index (χ1v) is 6.64. The van der Waals surface area contributed by atoms with Crippen molar-refractivity contribution in [2.45, 2.75) is 46.6 Å². The lowest BCUT2D eigenvalue weighted by atomic mass is 9.95. The summed E-state index contributed by atoms with van der Waals surface area (Å²) in [4.78, 5) is 0. The van der Waals surface area contributed by atoms with Gasteiger partial charge in [0.25, 0.3) is 0 Å². The van der Waals surface area contributed by atoms with Crippen LogP contribution in [0, 0.1) is 24.5 Å². The summed E-state index contributed by atoms with van der Waals surface area (Å²) in [6, 6.07) is 3.14. The second kappa shape index (κ2) is 6.83. The van der Waals surface area contributed by atoms with Gasteiger partial charge in [-0.1, -0.05) is 26.8 Å². The Labute approximate surface area is 109 Å². The third kappa shape index (κ3) is 3.77.